The second-order valence-electron chi connectivity index (χ2n) is 38.6. The molecule has 6 heterocycles. The zero-order valence-corrected chi connectivity index (χ0v) is 75.9. The first kappa shape index (κ1) is 78.1. The normalized spacial score (nSPS) is 13.6. The van der Waals surface area contributed by atoms with E-state index < -0.39 is 0 Å². The monoisotopic (exact) mass is 1720 g/mol. The van der Waals surface area contributed by atoms with Crippen molar-refractivity contribution in [2.45, 2.75) is 57.8 Å². The van der Waals surface area contributed by atoms with Crippen LogP contribution in [-0.4, -0.2) is 27.4 Å². The summed E-state index contributed by atoms with van der Waals surface area (Å²) in [5.41, 5.74) is 43.2. The molecular formula is C129H92N6. The predicted octanol–water partition coefficient (Wildman–Crippen LogP) is 33.9. The molecule has 6 aromatic heterocycles. The van der Waals surface area contributed by atoms with Crippen LogP contribution in [0.2, 0.25) is 0 Å². The van der Waals surface area contributed by atoms with Crippen LogP contribution in [0.4, 0.5) is 0 Å². The van der Waals surface area contributed by atoms with E-state index >= 15 is 0 Å². The third kappa shape index (κ3) is 11.7. The molecule has 0 spiro atoms. The summed E-state index contributed by atoms with van der Waals surface area (Å²) in [6.07, 6.45) is 0. The summed E-state index contributed by atoms with van der Waals surface area (Å²) in [5, 5.41) is 15.4. The highest BCUT2D eigenvalue weighted by Gasteiger charge is 2.40. The largest absolute Gasteiger partial charge is 0.309 e. The van der Waals surface area contributed by atoms with Gasteiger partial charge in [0.2, 0.25) is 0 Å². The van der Waals surface area contributed by atoms with Crippen LogP contribution in [0.3, 0.4) is 0 Å². The lowest BCUT2D eigenvalue weighted by atomic mass is 9.82. The van der Waals surface area contributed by atoms with Crippen molar-refractivity contribution in [1.82, 2.24) is 27.4 Å². The number of benzene rings is 20. The molecule has 0 radical (unpaired) electrons. The van der Waals surface area contributed by atoms with Gasteiger partial charge in [0.1, 0.15) is 0 Å². The molecule has 0 amide bonds. The van der Waals surface area contributed by atoms with Crippen molar-refractivity contribution in [3.8, 4) is 89.8 Å². The molecule has 3 aliphatic carbocycles. The molecule has 638 valence electrons. The van der Waals surface area contributed by atoms with Gasteiger partial charge in [-0.1, -0.05) is 315 Å². The molecular weight excluding hydrogens is 1630 g/mol. The summed E-state index contributed by atoms with van der Waals surface area (Å²) in [7, 11) is 0. The second kappa shape index (κ2) is 29.6. The minimum Gasteiger partial charge on any atom is -0.309 e. The molecule has 0 fully saturated rings. The Morgan fingerprint density at radius 2 is 0.333 bits per heavy atom. The van der Waals surface area contributed by atoms with Crippen molar-refractivity contribution >= 4 is 131 Å². The van der Waals surface area contributed by atoms with Gasteiger partial charge in [-0.15, -0.1) is 0 Å². The van der Waals surface area contributed by atoms with Gasteiger partial charge in [0.25, 0.3) is 0 Å². The summed E-state index contributed by atoms with van der Waals surface area (Å²) in [5.74, 6) is 0. The zero-order chi connectivity index (χ0) is 89.8. The third-order valence-corrected chi connectivity index (χ3v) is 30.3. The number of nitrogens with zero attached hydrogens (tertiary/aromatic N) is 6. The van der Waals surface area contributed by atoms with E-state index in [1.807, 2.05) is 0 Å². The molecule has 135 heavy (non-hydrogen) atoms. The van der Waals surface area contributed by atoms with Crippen LogP contribution in [0.15, 0.2) is 449 Å². The van der Waals surface area contributed by atoms with E-state index in [1.165, 1.54) is 254 Å². The lowest BCUT2D eigenvalue weighted by molar-refractivity contribution is 0.661. The standard InChI is InChI=1S/2C45H32N2.C39H28N2/c1-45(2)39-15-7-3-11-33(39)37-27-38-36-14-6-10-18-43(36)47(44(38)28-40(37)45)32-25-21-30(22-26-32)29-19-23-31(24-20-29)46-41-16-8-4-12-34(41)35-13-5-9-17-42(35)46;1-45(2)39-19-11-9-17-33(39)35-27-38-37-26-30(22-24-43(37)47(44(38)28-40(35)45)32-15-7-4-8-16-32)29-21-23-42-36(25-29)34-18-10-12-20-41(34)46(42)31-13-5-3-6-14-31;1-39(2)33-17-9-6-14-27(33)30-23-32-29-16-8-11-19-36(29)41(38(32)24-34(30)39)26-20-21-37-31(22-26)28-15-7-10-18-35(28)40(37)25-12-4-3-5-13-25/h2*3-28H,1-2H3;3-24H,1-2H3. The van der Waals surface area contributed by atoms with Gasteiger partial charge in [-0.2, -0.15) is 0 Å². The van der Waals surface area contributed by atoms with Crippen LogP contribution < -0.4 is 0 Å². The molecule has 26 aromatic rings. The van der Waals surface area contributed by atoms with Crippen molar-refractivity contribution in [2.75, 3.05) is 0 Å². The van der Waals surface area contributed by atoms with Gasteiger partial charge in [0.15, 0.2) is 0 Å². The van der Waals surface area contributed by atoms with Crippen LogP contribution in [0.25, 0.3) is 221 Å². The fourth-order valence-corrected chi connectivity index (χ4v) is 23.9. The van der Waals surface area contributed by atoms with E-state index in [4.69, 9.17) is 0 Å². The summed E-state index contributed by atoms with van der Waals surface area (Å²) in [4.78, 5) is 0. The molecule has 0 saturated heterocycles. The van der Waals surface area contributed by atoms with Gasteiger partial charge in [0, 0.05) is 115 Å². The Morgan fingerprint density at radius 1 is 0.126 bits per heavy atom. The third-order valence-electron chi connectivity index (χ3n) is 30.3. The molecule has 0 unspecified atom stereocenters. The highest BCUT2D eigenvalue weighted by Crippen LogP contribution is 2.56. The molecule has 0 bridgehead atoms. The summed E-state index contributed by atoms with van der Waals surface area (Å²) >= 11 is 0. The predicted molar refractivity (Wildman–Crippen MR) is 569 cm³/mol. The molecule has 20 aromatic carbocycles. The van der Waals surface area contributed by atoms with E-state index in [-0.39, 0.29) is 16.2 Å². The van der Waals surface area contributed by atoms with Gasteiger partial charge >= 0.3 is 0 Å². The van der Waals surface area contributed by atoms with Crippen molar-refractivity contribution in [3.05, 3.63) is 482 Å². The maximum Gasteiger partial charge on any atom is 0.0544 e. The molecule has 29 rings (SSSR count). The molecule has 6 heteroatoms. The topological polar surface area (TPSA) is 29.6 Å². The fraction of sp³-hybridized carbons (Fsp3) is 0.0698. The quantitative estimate of drug-likeness (QED) is 0.145. The van der Waals surface area contributed by atoms with E-state index in [0.29, 0.717) is 0 Å². The van der Waals surface area contributed by atoms with Gasteiger partial charge in [-0.05, 0) is 265 Å². The van der Waals surface area contributed by atoms with Crippen LogP contribution in [0.1, 0.15) is 74.9 Å². The lowest BCUT2D eigenvalue weighted by Gasteiger charge is -2.21. The van der Waals surface area contributed by atoms with Gasteiger partial charge in [-0.3, -0.25) is 0 Å². The molecule has 0 atom stereocenters. The first-order valence-electron chi connectivity index (χ1n) is 47.3. The number of rotatable bonds is 8. The Balaban J connectivity index is 0.000000103. The van der Waals surface area contributed by atoms with Crippen LogP contribution in [-0.2, 0) is 16.2 Å². The van der Waals surface area contributed by atoms with Gasteiger partial charge in [-0.25, -0.2) is 0 Å². The Labute approximate surface area is 782 Å². The van der Waals surface area contributed by atoms with Crippen LogP contribution in [0, 0.1) is 0 Å². The van der Waals surface area contributed by atoms with Crippen LogP contribution >= 0.6 is 0 Å². The average molecular weight is 1730 g/mol. The zero-order valence-electron chi connectivity index (χ0n) is 75.9. The number of hydrogen-bond acceptors (Lipinski definition) is 0. The number of para-hydroxylation sites is 9. The molecule has 3 aliphatic rings. The van der Waals surface area contributed by atoms with E-state index in [9.17, 15) is 0 Å². The van der Waals surface area contributed by atoms with Crippen molar-refractivity contribution in [1.29, 1.82) is 0 Å². The first-order valence-corrected chi connectivity index (χ1v) is 47.3. The number of fused-ring (bicyclic) bond motifs is 27. The van der Waals surface area contributed by atoms with Crippen LogP contribution in [0.5, 0.6) is 0 Å². The number of aromatic nitrogens is 6. The first-order chi connectivity index (χ1) is 66.3. The van der Waals surface area contributed by atoms with E-state index in [0.717, 1.165) is 0 Å². The maximum absolute atomic E-state index is 2.47. The van der Waals surface area contributed by atoms with Crippen molar-refractivity contribution in [2.24, 2.45) is 0 Å². The lowest BCUT2D eigenvalue weighted by Crippen LogP contribution is -2.14. The van der Waals surface area contributed by atoms with E-state index in [2.05, 4.69) is 518 Å². The Kier molecular flexibility index (Phi) is 17.1. The summed E-state index contributed by atoms with van der Waals surface area (Å²) in [6.45, 7) is 14.2. The fourth-order valence-electron chi connectivity index (χ4n) is 23.9. The van der Waals surface area contributed by atoms with Crippen molar-refractivity contribution < 1.29 is 0 Å². The average Bonchev–Trinajstić information content (AvgIpc) is 1.55. The molecule has 0 aliphatic heterocycles. The van der Waals surface area contributed by atoms with E-state index in [1.54, 1.807) is 0 Å². The SMILES string of the molecule is CC1(C)c2ccccc2-c2cc3c4cc(-c5ccc6c(c5)c5ccccc5n6-c5ccccc5)ccc4n(-c4ccccc4)c3cc21.CC1(C)c2ccccc2-c2cc3c4ccccc4n(-c4ccc(-c5ccc(-n6c7ccccc7c7ccccc76)cc5)cc4)c3cc21.CC1(C)c2ccccc2-c2cc3c4ccccc4n(-c4ccc5c(c4)c4ccccc4n5-c4ccccc4)c3cc21. The molecule has 6 nitrogen and oxygen atoms in total. The second-order valence-corrected chi connectivity index (χ2v) is 38.6. The van der Waals surface area contributed by atoms with Gasteiger partial charge < -0.3 is 27.4 Å². The Bertz CT molecular complexity index is 9370. The highest BCUT2D eigenvalue weighted by molar-refractivity contribution is 6.18. The minimum absolute atomic E-state index is 0.0450. The Morgan fingerprint density at radius 3 is 0.659 bits per heavy atom. The number of hydrogen-bond donors (Lipinski definition) is 0. The summed E-state index contributed by atoms with van der Waals surface area (Å²) in [6, 6.07) is 165. The van der Waals surface area contributed by atoms with Crippen molar-refractivity contribution in [3.63, 3.8) is 0 Å². The minimum atomic E-state index is -0.0579. The highest BCUT2D eigenvalue weighted by atomic mass is 15.0. The maximum atomic E-state index is 2.47. The molecule has 0 saturated carbocycles. The van der Waals surface area contributed by atoms with Gasteiger partial charge in [0.05, 0.1) is 66.2 Å². The Hall–Kier alpha value is -16.8. The smallest absolute Gasteiger partial charge is 0.0544 e. The molecule has 0 N–H and O–H groups in total. The summed E-state index contributed by atoms with van der Waals surface area (Å²) < 4.78 is 14.5.